The second-order valence-electron chi connectivity index (χ2n) is 15.9. The van der Waals surface area contributed by atoms with Crippen LogP contribution in [-0.4, -0.2) is 45.6 Å². The monoisotopic (exact) mass is 685 g/mol. The van der Waals surface area contributed by atoms with Gasteiger partial charge < -0.3 is 29.0 Å². The Hall–Kier alpha value is -4.52. The van der Waals surface area contributed by atoms with E-state index in [2.05, 4.69) is 99.3 Å². The summed E-state index contributed by atoms with van der Waals surface area (Å²) in [4.78, 5) is 2.41. The van der Waals surface area contributed by atoms with Gasteiger partial charge in [-0.15, -0.1) is 0 Å². The minimum atomic E-state index is -1.08. The Bertz CT molecular complexity index is 1980. The molecule has 5 aromatic rings. The van der Waals surface area contributed by atoms with Gasteiger partial charge in [-0.05, 0) is 88.1 Å². The molecule has 0 aromatic heterocycles. The molecule has 1 N–H and O–H groups in total. The fraction of sp³-hybridized carbons (Fsp3) is 0.378. The first-order valence-corrected chi connectivity index (χ1v) is 18.1. The number of rotatable bonds is 9. The second kappa shape index (κ2) is 13.9. The number of hydrogen-bond acceptors (Lipinski definition) is 6. The average Bonchev–Trinajstić information content (AvgIpc) is 3.12. The number of methoxy groups -OCH3 is 2. The van der Waals surface area contributed by atoms with Gasteiger partial charge in [0.25, 0.3) is 0 Å². The molecule has 0 atom stereocenters. The predicted octanol–water partition coefficient (Wildman–Crippen LogP) is 10.0. The van der Waals surface area contributed by atoms with Crippen LogP contribution in [0, 0.1) is 10.8 Å². The average molecular weight is 686 g/mol. The summed E-state index contributed by atoms with van der Waals surface area (Å²) in [5, 5.41) is 15.1. The largest absolute Gasteiger partial charge is 0.497 e. The van der Waals surface area contributed by atoms with Gasteiger partial charge in [-0.25, -0.2) is 0 Å². The molecule has 0 spiro atoms. The fourth-order valence-corrected chi connectivity index (χ4v) is 9.12. The zero-order valence-electron chi connectivity index (χ0n) is 30.9. The molecule has 0 unspecified atom stereocenters. The first kappa shape index (κ1) is 34.9. The molecule has 0 amide bonds. The van der Waals surface area contributed by atoms with E-state index < -0.39 is 5.60 Å². The van der Waals surface area contributed by atoms with Crippen molar-refractivity contribution in [2.75, 3.05) is 45.4 Å². The van der Waals surface area contributed by atoms with Crippen molar-refractivity contribution in [2.45, 2.75) is 59.2 Å². The molecule has 0 bridgehead atoms. The number of anilines is 1. The van der Waals surface area contributed by atoms with Crippen LogP contribution in [0.1, 0.15) is 58.1 Å². The molecule has 51 heavy (non-hydrogen) atoms. The van der Waals surface area contributed by atoms with Crippen molar-refractivity contribution >= 4 is 16.5 Å². The van der Waals surface area contributed by atoms with Gasteiger partial charge in [0.05, 0.1) is 33.0 Å². The number of aliphatic hydroxyl groups is 1. The SMILES string of the molecule is COc1ccc(-c2cc3c(OCc4ccccc4)cc(C4(O)CC(C)(C)CC(C)(C)C4)c(-c4ccccc4)c3cc2N2CCOCC2)c(OC)c1. The van der Waals surface area contributed by atoms with Crippen LogP contribution in [0.25, 0.3) is 33.0 Å². The first-order valence-electron chi connectivity index (χ1n) is 18.1. The van der Waals surface area contributed by atoms with Crippen molar-refractivity contribution in [3.63, 3.8) is 0 Å². The Kier molecular flexibility index (Phi) is 9.51. The number of benzene rings is 5. The highest BCUT2D eigenvalue weighted by atomic mass is 16.5. The van der Waals surface area contributed by atoms with Crippen molar-refractivity contribution in [1.82, 2.24) is 0 Å². The molecule has 6 heteroatoms. The molecule has 0 radical (unpaired) electrons. The molecule has 1 aliphatic carbocycles. The van der Waals surface area contributed by atoms with Crippen molar-refractivity contribution in [3.05, 3.63) is 108 Å². The van der Waals surface area contributed by atoms with Crippen LogP contribution in [0.5, 0.6) is 17.2 Å². The van der Waals surface area contributed by atoms with Gasteiger partial charge in [0.2, 0.25) is 0 Å². The van der Waals surface area contributed by atoms with Crippen LogP contribution >= 0.6 is 0 Å². The van der Waals surface area contributed by atoms with E-state index in [0.717, 1.165) is 86.6 Å². The van der Waals surface area contributed by atoms with Crippen molar-refractivity contribution in [2.24, 2.45) is 10.8 Å². The zero-order chi connectivity index (χ0) is 35.8. The van der Waals surface area contributed by atoms with Crippen molar-refractivity contribution in [1.29, 1.82) is 0 Å². The number of fused-ring (bicyclic) bond motifs is 1. The Balaban J connectivity index is 1.57. The third kappa shape index (κ3) is 7.17. The smallest absolute Gasteiger partial charge is 0.130 e. The van der Waals surface area contributed by atoms with Crippen LogP contribution in [0.4, 0.5) is 5.69 Å². The molecule has 1 heterocycles. The van der Waals surface area contributed by atoms with Crippen LogP contribution in [0.2, 0.25) is 0 Å². The standard InChI is InChI=1S/C45H51NO5/c1-43(2)28-44(3,4)30-45(47,29-43)38-26-41(51-27-31-13-9-7-10-14-31)36-24-35(34-18-17-33(48-5)23-40(34)49-6)39(46-19-21-50-22-20-46)25-37(36)42(38)32-15-11-8-12-16-32/h7-18,23-26,47H,19-22,27-30H2,1-6H3. The van der Waals surface area contributed by atoms with E-state index in [9.17, 15) is 5.11 Å². The summed E-state index contributed by atoms with van der Waals surface area (Å²) in [6.07, 6.45) is 2.36. The number of morpholine rings is 1. The molecule has 1 saturated heterocycles. The quantitative estimate of drug-likeness (QED) is 0.167. The molecule has 6 nitrogen and oxygen atoms in total. The lowest BCUT2D eigenvalue weighted by Crippen LogP contribution is -2.44. The molecule has 2 aliphatic rings. The van der Waals surface area contributed by atoms with Gasteiger partial charge in [-0.2, -0.15) is 0 Å². The summed E-state index contributed by atoms with van der Waals surface area (Å²) in [7, 11) is 3.38. The Labute approximate surface area is 302 Å². The van der Waals surface area contributed by atoms with E-state index in [-0.39, 0.29) is 10.8 Å². The van der Waals surface area contributed by atoms with E-state index in [4.69, 9.17) is 18.9 Å². The lowest BCUT2D eigenvalue weighted by molar-refractivity contribution is -0.0909. The Morgan fingerprint density at radius 1 is 0.686 bits per heavy atom. The lowest BCUT2D eigenvalue weighted by atomic mass is 9.57. The molecule has 7 rings (SSSR count). The van der Waals surface area contributed by atoms with Crippen molar-refractivity contribution in [3.8, 4) is 39.5 Å². The van der Waals surface area contributed by atoms with E-state index >= 15 is 0 Å². The van der Waals surface area contributed by atoms with Gasteiger partial charge >= 0.3 is 0 Å². The van der Waals surface area contributed by atoms with Crippen LogP contribution in [0.3, 0.4) is 0 Å². The first-order chi connectivity index (χ1) is 24.5. The molecular weight excluding hydrogens is 634 g/mol. The van der Waals surface area contributed by atoms with E-state index in [1.54, 1.807) is 14.2 Å². The molecule has 1 aliphatic heterocycles. The van der Waals surface area contributed by atoms with Gasteiger partial charge in [-0.1, -0.05) is 88.4 Å². The molecule has 1 saturated carbocycles. The van der Waals surface area contributed by atoms with E-state index in [1.807, 2.05) is 30.3 Å². The summed E-state index contributed by atoms with van der Waals surface area (Å²) < 4.78 is 24.2. The van der Waals surface area contributed by atoms with Crippen LogP contribution in [0.15, 0.2) is 97.1 Å². The van der Waals surface area contributed by atoms with Gasteiger partial charge in [0.15, 0.2) is 0 Å². The topological polar surface area (TPSA) is 60.4 Å². The van der Waals surface area contributed by atoms with Gasteiger partial charge in [-0.3, -0.25) is 0 Å². The lowest BCUT2D eigenvalue weighted by Gasteiger charge is -2.50. The third-order valence-electron chi connectivity index (χ3n) is 10.6. The Morgan fingerprint density at radius 3 is 2.00 bits per heavy atom. The van der Waals surface area contributed by atoms with Crippen LogP contribution < -0.4 is 19.1 Å². The maximum absolute atomic E-state index is 13.1. The number of ether oxygens (including phenoxy) is 4. The van der Waals surface area contributed by atoms with Gasteiger partial charge in [0.1, 0.15) is 23.9 Å². The summed E-state index contributed by atoms with van der Waals surface area (Å²) in [5.74, 6) is 2.22. The molecule has 266 valence electrons. The Morgan fingerprint density at radius 2 is 1.35 bits per heavy atom. The summed E-state index contributed by atoms with van der Waals surface area (Å²) >= 11 is 0. The number of hydrogen-bond donors (Lipinski definition) is 1. The van der Waals surface area contributed by atoms with Gasteiger partial charge in [0, 0.05) is 41.4 Å². The molecule has 2 fully saturated rings. The van der Waals surface area contributed by atoms with E-state index in [1.165, 1.54) is 0 Å². The highest BCUT2D eigenvalue weighted by Gasteiger charge is 2.48. The van der Waals surface area contributed by atoms with Crippen LogP contribution in [-0.2, 0) is 16.9 Å². The summed E-state index contributed by atoms with van der Waals surface area (Å²) in [6, 6.07) is 33.6. The molecule has 5 aromatic carbocycles. The highest BCUT2D eigenvalue weighted by molar-refractivity contribution is 6.07. The maximum Gasteiger partial charge on any atom is 0.130 e. The highest BCUT2D eigenvalue weighted by Crippen LogP contribution is 2.57. The summed E-state index contributed by atoms with van der Waals surface area (Å²) in [6.45, 7) is 12.4. The van der Waals surface area contributed by atoms with Crippen molar-refractivity contribution < 1.29 is 24.1 Å². The van der Waals surface area contributed by atoms with E-state index in [0.29, 0.717) is 32.7 Å². The molecular formula is C45H51NO5. The minimum Gasteiger partial charge on any atom is -0.497 e. The maximum atomic E-state index is 13.1. The third-order valence-corrected chi connectivity index (χ3v) is 10.6. The second-order valence-corrected chi connectivity index (χ2v) is 15.9. The summed E-state index contributed by atoms with van der Waals surface area (Å²) in [5.41, 5.74) is 6.04. The fourth-order valence-electron chi connectivity index (χ4n) is 9.12. The normalized spacial score (nSPS) is 18.0. The zero-order valence-corrected chi connectivity index (χ0v) is 30.9. The minimum absolute atomic E-state index is 0.0573. The predicted molar refractivity (Wildman–Crippen MR) is 207 cm³/mol. The number of nitrogens with zero attached hydrogens (tertiary/aromatic N) is 1.